The van der Waals surface area contributed by atoms with Gasteiger partial charge >= 0.3 is 0 Å². The second-order valence-corrected chi connectivity index (χ2v) is 7.67. The molecule has 0 saturated carbocycles. The molecule has 7 heteroatoms. The molecule has 0 aromatic heterocycles. The first-order chi connectivity index (χ1) is 10.9. The van der Waals surface area contributed by atoms with Crippen LogP contribution < -0.4 is 10.2 Å². The van der Waals surface area contributed by atoms with Gasteiger partial charge in [-0.2, -0.15) is 4.31 Å². The summed E-state index contributed by atoms with van der Waals surface area (Å²) >= 11 is 0. The monoisotopic (exact) mass is 338 g/mol. The van der Waals surface area contributed by atoms with Crippen LogP contribution in [-0.4, -0.2) is 57.9 Å². The maximum atomic E-state index is 12.6. The summed E-state index contributed by atoms with van der Waals surface area (Å²) in [5, 5.41) is 2.74. The minimum Gasteiger partial charge on any atom is -0.348 e. The molecule has 2 rings (SSSR count). The fourth-order valence-electron chi connectivity index (χ4n) is 2.55. The largest absolute Gasteiger partial charge is 0.348 e. The molecule has 1 amide bonds. The lowest BCUT2D eigenvalue weighted by atomic mass is 10.2. The van der Waals surface area contributed by atoms with E-state index in [1.807, 2.05) is 6.92 Å². The van der Waals surface area contributed by atoms with E-state index < -0.39 is 10.0 Å². The molecule has 1 aromatic rings. The third-order valence-electron chi connectivity index (χ3n) is 3.94. The van der Waals surface area contributed by atoms with Gasteiger partial charge in [0.25, 0.3) is 5.91 Å². The van der Waals surface area contributed by atoms with Crippen molar-refractivity contribution in [1.29, 1.82) is 0 Å². The van der Waals surface area contributed by atoms with Gasteiger partial charge in [-0.3, -0.25) is 4.79 Å². The first-order valence-corrected chi connectivity index (χ1v) is 9.15. The van der Waals surface area contributed by atoms with Crippen LogP contribution in [-0.2, 0) is 14.8 Å². The molecule has 6 nitrogen and oxygen atoms in total. The molecule has 1 aliphatic rings. The molecule has 1 aromatic carbocycles. The number of sulfonamides is 1. The van der Waals surface area contributed by atoms with E-state index in [1.165, 1.54) is 4.31 Å². The van der Waals surface area contributed by atoms with Crippen LogP contribution in [0.25, 0.3) is 0 Å². The van der Waals surface area contributed by atoms with Gasteiger partial charge in [0.05, 0.1) is 31.1 Å². The van der Waals surface area contributed by atoms with Crippen molar-refractivity contribution in [1.82, 2.24) is 9.62 Å². The van der Waals surface area contributed by atoms with Crippen molar-refractivity contribution in [2.45, 2.75) is 11.8 Å². The normalized spacial score (nSPS) is 16.9. The first kappa shape index (κ1) is 17.7. The Labute approximate surface area is 137 Å². The Kier molecular flexibility index (Phi) is 5.92. The summed E-state index contributed by atoms with van der Waals surface area (Å²) in [5.41, 5.74) is 1.03. The highest BCUT2D eigenvalue weighted by Crippen LogP contribution is 2.16. The van der Waals surface area contributed by atoms with E-state index in [1.54, 1.807) is 30.3 Å². The molecule has 0 radical (unpaired) electrons. The smallest absolute Gasteiger partial charge is 0.275 e. The lowest BCUT2D eigenvalue weighted by Gasteiger charge is -2.31. The van der Waals surface area contributed by atoms with E-state index in [-0.39, 0.29) is 5.91 Å². The third kappa shape index (κ3) is 4.63. The number of piperazine rings is 1. The maximum Gasteiger partial charge on any atom is 0.275 e. The van der Waals surface area contributed by atoms with Crippen molar-refractivity contribution in [3.8, 4) is 0 Å². The van der Waals surface area contributed by atoms with E-state index in [0.717, 1.165) is 10.5 Å². The molecule has 1 heterocycles. The predicted molar refractivity (Wildman–Crippen MR) is 88.7 cm³/mol. The number of quaternary nitrogens is 1. The van der Waals surface area contributed by atoms with Gasteiger partial charge < -0.3 is 10.2 Å². The Morgan fingerprint density at radius 2 is 1.91 bits per heavy atom. The number of aryl methyl sites for hydroxylation is 1. The van der Waals surface area contributed by atoms with Crippen molar-refractivity contribution in [2.75, 3.05) is 39.3 Å². The van der Waals surface area contributed by atoms with E-state index >= 15 is 0 Å². The van der Waals surface area contributed by atoms with Gasteiger partial charge in [-0.05, 0) is 19.1 Å². The van der Waals surface area contributed by atoms with E-state index in [0.29, 0.717) is 44.2 Å². The summed E-state index contributed by atoms with van der Waals surface area (Å²) in [7, 11) is -3.44. The van der Waals surface area contributed by atoms with Crippen LogP contribution in [0.2, 0.25) is 0 Å². The standard InChI is InChI=1S/C16H23N3O3S/c1-3-8-17-16(20)13-18-9-11-19(12-10-18)23(21,22)15-6-4-14(2)5-7-15/h3-7H,1,8-13H2,2H3,(H,17,20)/p+1. The Balaban J connectivity index is 1.92. The Morgan fingerprint density at radius 3 is 2.48 bits per heavy atom. The maximum absolute atomic E-state index is 12.6. The molecular weight excluding hydrogens is 314 g/mol. The second kappa shape index (κ2) is 7.72. The van der Waals surface area contributed by atoms with Gasteiger partial charge in [0, 0.05) is 6.54 Å². The van der Waals surface area contributed by atoms with Crippen LogP contribution in [0.4, 0.5) is 0 Å². The van der Waals surface area contributed by atoms with Gasteiger partial charge in [0.1, 0.15) is 0 Å². The molecule has 0 bridgehead atoms. The number of nitrogens with zero attached hydrogens (tertiary/aromatic N) is 1. The molecule has 0 aliphatic carbocycles. The van der Waals surface area contributed by atoms with Crippen LogP contribution >= 0.6 is 0 Å². The number of rotatable bonds is 6. The highest BCUT2D eigenvalue weighted by atomic mass is 32.2. The second-order valence-electron chi connectivity index (χ2n) is 5.74. The number of benzene rings is 1. The van der Waals surface area contributed by atoms with Crippen molar-refractivity contribution in [3.05, 3.63) is 42.5 Å². The van der Waals surface area contributed by atoms with E-state index in [2.05, 4.69) is 11.9 Å². The minimum atomic E-state index is -3.44. The number of carbonyl (C=O) groups is 1. The number of hydrogen-bond donors (Lipinski definition) is 2. The quantitative estimate of drug-likeness (QED) is 0.666. The summed E-state index contributed by atoms with van der Waals surface area (Å²) in [5.74, 6) is -0.0326. The summed E-state index contributed by atoms with van der Waals surface area (Å²) in [6.07, 6.45) is 1.64. The summed E-state index contributed by atoms with van der Waals surface area (Å²) in [6.45, 7) is 8.43. The lowest BCUT2D eigenvalue weighted by Crippen LogP contribution is -3.15. The van der Waals surface area contributed by atoms with Crippen molar-refractivity contribution >= 4 is 15.9 Å². The zero-order chi connectivity index (χ0) is 16.9. The summed E-state index contributed by atoms with van der Waals surface area (Å²) in [4.78, 5) is 13.1. The summed E-state index contributed by atoms with van der Waals surface area (Å²) < 4.78 is 26.7. The topological polar surface area (TPSA) is 70.9 Å². The molecule has 23 heavy (non-hydrogen) atoms. The number of carbonyl (C=O) groups excluding carboxylic acids is 1. The molecule has 1 fully saturated rings. The Morgan fingerprint density at radius 1 is 1.30 bits per heavy atom. The molecule has 0 atom stereocenters. The van der Waals surface area contributed by atoms with Gasteiger partial charge in [-0.15, -0.1) is 6.58 Å². The fourth-order valence-corrected chi connectivity index (χ4v) is 4.00. The molecule has 1 saturated heterocycles. The highest BCUT2D eigenvalue weighted by molar-refractivity contribution is 7.89. The number of hydrogen-bond acceptors (Lipinski definition) is 3. The van der Waals surface area contributed by atoms with Gasteiger partial charge in [-0.25, -0.2) is 8.42 Å². The fraction of sp³-hybridized carbons (Fsp3) is 0.438. The van der Waals surface area contributed by atoms with Crippen LogP contribution in [0.15, 0.2) is 41.8 Å². The zero-order valence-corrected chi connectivity index (χ0v) is 14.2. The third-order valence-corrected chi connectivity index (χ3v) is 5.86. The number of amides is 1. The molecule has 1 aliphatic heterocycles. The molecule has 126 valence electrons. The minimum absolute atomic E-state index is 0.0326. The molecule has 2 N–H and O–H groups in total. The first-order valence-electron chi connectivity index (χ1n) is 7.71. The van der Waals surface area contributed by atoms with Crippen LogP contribution in [0.5, 0.6) is 0 Å². The van der Waals surface area contributed by atoms with Crippen molar-refractivity contribution < 1.29 is 18.1 Å². The van der Waals surface area contributed by atoms with Crippen LogP contribution in [0.3, 0.4) is 0 Å². The van der Waals surface area contributed by atoms with Crippen molar-refractivity contribution in [2.24, 2.45) is 0 Å². The molecular formula is C16H24N3O3S+. The van der Waals surface area contributed by atoms with Gasteiger partial charge in [0.15, 0.2) is 6.54 Å². The predicted octanol–water partition coefficient (Wildman–Crippen LogP) is -0.814. The highest BCUT2D eigenvalue weighted by Gasteiger charge is 2.30. The average Bonchev–Trinajstić information content (AvgIpc) is 2.54. The van der Waals surface area contributed by atoms with Crippen molar-refractivity contribution in [3.63, 3.8) is 0 Å². The zero-order valence-electron chi connectivity index (χ0n) is 13.4. The molecule has 0 spiro atoms. The number of nitrogens with one attached hydrogen (secondary N) is 2. The molecule has 0 unspecified atom stereocenters. The van der Waals surface area contributed by atoms with Crippen LogP contribution in [0.1, 0.15) is 5.56 Å². The Hall–Kier alpha value is -1.70. The summed E-state index contributed by atoms with van der Waals surface area (Å²) in [6, 6.07) is 6.90. The van der Waals surface area contributed by atoms with Gasteiger partial charge in [0.2, 0.25) is 10.0 Å². The van der Waals surface area contributed by atoms with E-state index in [4.69, 9.17) is 0 Å². The van der Waals surface area contributed by atoms with Crippen LogP contribution in [0, 0.1) is 6.92 Å². The average molecular weight is 338 g/mol. The Bertz CT molecular complexity index is 648. The van der Waals surface area contributed by atoms with Gasteiger partial charge in [-0.1, -0.05) is 23.8 Å². The lowest BCUT2D eigenvalue weighted by molar-refractivity contribution is -0.895. The van der Waals surface area contributed by atoms with E-state index in [9.17, 15) is 13.2 Å². The SMILES string of the molecule is C=CCNC(=O)C[NH+]1CCN(S(=O)(=O)c2ccc(C)cc2)CC1.